The van der Waals surface area contributed by atoms with Gasteiger partial charge in [-0.15, -0.1) is 0 Å². The molecule has 74 valence electrons. The summed E-state index contributed by atoms with van der Waals surface area (Å²) in [5.41, 5.74) is 0. The van der Waals surface area contributed by atoms with Crippen LogP contribution in [0.2, 0.25) is 0 Å². The minimum absolute atomic E-state index is 0.196. The molecule has 0 saturated heterocycles. The van der Waals surface area contributed by atoms with Crippen molar-refractivity contribution in [3.63, 3.8) is 0 Å². The van der Waals surface area contributed by atoms with Gasteiger partial charge < -0.3 is 9.47 Å². The summed E-state index contributed by atoms with van der Waals surface area (Å²) in [4.78, 5) is 21.2. The van der Waals surface area contributed by atoms with Crippen LogP contribution in [0.5, 0.6) is 0 Å². The standard InChI is InChI=1S/C7H12N2O4/c1-3-5-13-7(11)9-8-6(10)12-4-2/h3-5H2,1-2H3/b9-8+. The third-order valence-corrected chi connectivity index (χ3v) is 0.911. The summed E-state index contributed by atoms with van der Waals surface area (Å²) in [6.45, 7) is 3.93. The van der Waals surface area contributed by atoms with Gasteiger partial charge in [0.25, 0.3) is 0 Å². The Kier molecular flexibility index (Phi) is 6.39. The van der Waals surface area contributed by atoms with E-state index in [9.17, 15) is 9.59 Å². The highest BCUT2D eigenvalue weighted by Gasteiger charge is 2.01. The van der Waals surface area contributed by atoms with Crippen LogP contribution in [0.1, 0.15) is 20.3 Å². The van der Waals surface area contributed by atoms with Crippen molar-refractivity contribution in [2.24, 2.45) is 10.2 Å². The van der Waals surface area contributed by atoms with Gasteiger partial charge in [-0.25, -0.2) is 9.59 Å². The van der Waals surface area contributed by atoms with Crippen molar-refractivity contribution in [1.82, 2.24) is 0 Å². The lowest BCUT2D eigenvalue weighted by Gasteiger charge is -1.95. The predicted molar refractivity (Wildman–Crippen MR) is 43.5 cm³/mol. The highest BCUT2D eigenvalue weighted by molar-refractivity contribution is 5.73. The highest BCUT2D eigenvalue weighted by Crippen LogP contribution is 1.90. The molecule has 0 aromatic carbocycles. The van der Waals surface area contributed by atoms with Crippen LogP contribution >= 0.6 is 0 Å². The Morgan fingerprint density at radius 3 is 2.08 bits per heavy atom. The lowest BCUT2D eigenvalue weighted by Crippen LogP contribution is -2.01. The van der Waals surface area contributed by atoms with Gasteiger partial charge in [-0.3, -0.25) is 0 Å². The fourth-order valence-electron chi connectivity index (χ4n) is 0.452. The summed E-state index contributed by atoms with van der Waals surface area (Å²) < 4.78 is 8.90. The van der Waals surface area contributed by atoms with E-state index in [0.717, 1.165) is 0 Å². The molecule has 0 radical (unpaired) electrons. The van der Waals surface area contributed by atoms with Gasteiger partial charge in [-0.05, 0) is 13.3 Å². The molecule has 0 N–H and O–H groups in total. The van der Waals surface area contributed by atoms with E-state index in [1.165, 1.54) is 0 Å². The molecule has 6 nitrogen and oxygen atoms in total. The maximum Gasteiger partial charge on any atom is 0.452 e. The fourth-order valence-corrected chi connectivity index (χ4v) is 0.452. The molecule has 0 aromatic rings. The predicted octanol–water partition coefficient (Wildman–Crippen LogP) is 2.14. The zero-order valence-corrected chi connectivity index (χ0v) is 7.65. The van der Waals surface area contributed by atoms with Crippen LogP contribution in [0, 0.1) is 0 Å². The maximum atomic E-state index is 10.6. The first kappa shape index (κ1) is 11.5. The van der Waals surface area contributed by atoms with Gasteiger partial charge in [0.1, 0.15) is 0 Å². The molecule has 0 rings (SSSR count). The Morgan fingerprint density at radius 2 is 1.62 bits per heavy atom. The summed E-state index contributed by atoms with van der Waals surface area (Å²) in [5.74, 6) is 0. The van der Waals surface area contributed by atoms with Gasteiger partial charge in [0.15, 0.2) is 0 Å². The van der Waals surface area contributed by atoms with E-state index in [4.69, 9.17) is 0 Å². The van der Waals surface area contributed by atoms with Gasteiger partial charge in [0.2, 0.25) is 0 Å². The van der Waals surface area contributed by atoms with Crippen molar-refractivity contribution in [3.05, 3.63) is 0 Å². The summed E-state index contributed by atoms with van der Waals surface area (Å²) in [6.07, 6.45) is -1.08. The molecule has 0 saturated carbocycles. The second-order valence-corrected chi connectivity index (χ2v) is 2.01. The number of hydrogen-bond donors (Lipinski definition) is 0. The van der Waals surface area contributed by atoms with Crippen molar-refractivity contribution in [2.75, 3.05) is 13.2 Å². The van der Waals surface area contributed by atoms with Gasteiger partial charge in [-0.1, -0.05) is 17.2 Å². The normalized spacial score (nSPS) is 10.0. The zero-order chi connectivity index (χ0) is 10.1. The van der Waals surface area contributed by atoms with Gasteiger partial charge in [0.05, 0.1) is 13.2 Å². The number of rotatable bonds is 3. The number of nitrogens with zero attached hydrogens (tertiary/aromatic N) is 2. The minimum atomic E-state index is -0.893. The zero-order valence-electron chi connectivity index (χ0n) is 7.65. The van der Waals surface area contributed by atoms with Crippen LogP contribution in [0.15, 0.2) is 10.2 Å². The molecular weight excluding hydrogens is 176 g/mol. The van der Waals surface area contributed by atoms with E-state index in [1.807, 2.05) is 6.92 Å². The SMILES string of the molecule is CCCOC(=O)/N=N/C(=O)OCC. The lowest BCUT2D eigenvalue weighted by molar-refractivity contribution is 0.148. The van der Waals surface area contributed by atoms with Gasteiger partial charge >= 0.3 is 12.2 Å². The number of azo groups is 1. The second kappa shape index (κ2) is 7.20. The molecule has 0 unspecified atom stereocenters. The average molecular weight is 188 g/mol. The molecule has 6 heteroatoms. The number of amides is 2. The highest BCUT2D eigenvalue weighted by atomic mass is 16.6. The van der Waals surface area contributed by atoms with Crippen LogP contribution in [0.25, 0.3) is 0 Å². The molecule has 0 heterocycles. The van der Waals surface area contributed by atoms with E-state index in [1.54, 1.807) is 6.92 Å². The number of ether oxygens (including phenoxy) is 2. The molecular formula is C7H12N2O4. The smallest absolute Gasteiger partial charge is 0.447 e. The van der Waals surface area contributed by atoms with Crippen LogP contribution < -0.4 is 0 Å². The number of hydrogen-bond acceptors (Lipinski definition) is 4. The van der Waals surface area contributed by atoms with Crippen molar-refractivity contribution in [3.8, 4) is 0 Å². The Morgan fingerprint density at radius 1 is 1.08 bits per heavy atom. The van der Waals surface area contributed by atoms with E-state index >= 15 is 0 Å². The fraction of sp³-hybridized carbons (Fsp3) is 0.714. The molecule has 2 amide bonds. The minimum Gasteiger partial charge on any atom is -0.447 e. The van der Waals surface area contributed by atoms with Crippen LogP contribution in [0.4, 0.5) is 9.59 Å². The number of carbonyl (C=O) groups is 2. The van der Waals surface area contributed by atoms with E-state index in [2.05, 4.69) is 19.7 Å². The lowest BCUT2D eigenvalue weighted by atomic mass is 10.5. The van der Waals surface area contributed by atoms with Crippen molar-refractivity contribution < 1.29 is 19.1 Å². The quantitative estimate of drug-likeness (QED) is 0.635. The summed E-state index contributed by atoms with van der Waals surface area (Å²) in [7, 11) is 0. The van der Waals surface area contributed by atoms with E-state index in [0.29, 0.717) is 6.42 Å². The summed E-state index contributed by atoms with van der Waals surface area (Å²) in [6, 6.07) is 0. The maximum absolute atomic E-state index is 10.6. The molecule has 13 heavy (non-hydrogen) atoms. The topological polar surface area (TPSA) is 77.3 Å². The van der Waals surface area contributed by atoms with Crippen molar-refractivity contribution in [2.45, 2.75) is 20.3 Å². The summed E-state index contributed by atoms with van der Waals surface area (Å²) in [5, 5.41) is 5.93. The second-order valence-electron chi connectivity index (χ2n) is 2.01. The van der Waals surface area contributed by atoms with Crippen LogP contribution in [-0.2, 0) is 9.47 Å². The van der Waals surface area contributed by atoms with Crippen LogP contribution in [0.3, 0.4) is 0 Å². The number of carbonyl (C=O) groups excluding carboxylic acids is 2. The monoisotopic (exact) mass is 188 g/mol. The third-order valence-electron chi connectivity index (χ3n) is 0.911. The molecule has 0 aliphatic rings. The average Bonchev–Trinajstić information content (AvgIpc) is 2.12. The van der Waals surface area contributed by atoms with E-state index < -0.39 is 12.2 Å². The molecule has 0 bridgehead atoms. The molecule has 0 atom stereocenters. The Hall–Kier alpha value is -1.46. The van der Waals surface area contributed by atoms with Crippen LogP contribution in [-0.4, -0.2) is 25.4 Å². The molecule has 0 fully saturated rings. The van der Waals surface area contributed by atoms with Crippen molar-refractivity contribution in [1.29, 1.82) is 0 Å². The first-order valence-electron chi connectivity index (χ1n) is 3.96. The van der Waals surface area contributed by atoms with Gasteiger partial charge in [-0.2, -0.15) is 0 Å². The summed E-state index contributed by atoms with van der Waals surface area (Å²) >= 11 is 0. The molecule has 0 aliphatic carbocycles. The van der Waals surface area contributed by atoms with E-state index in [-0.39, 0.29) is 13.2 Å². The van der Waals surface area contributed by atoms with Gasteiger partial charge in [0, 0.05) is 0 Å². The Labute approximate surface area is 75.9 Å². The third kappa shape index (κ3) is 6.92. The molecule has 0 aliphatic heterocycles. The van der Waals surface area contributed by atoms with Crippen molar-refractivity contribution >= 4 is 12.2 Å². The largest absolute Gasteiger partial charge is 0.452 e. The first-order valence-corrected chi connectivity index (χ1v) is 3.96. The molecule has 0 spiro atoms. The Bertz CT molecular complexity index is 203. The first-order chi connectivity index (χ1) is 6.20. The Balaban J connectivity index is 3.69. The molecule has 0 aromatic heterocycles.